The van der Waals surface area contributed by atoms with Gasteiger partial charge in [0.15, 0.2) is 0 Å². The van der Waals surface area contributed by atoms with Gasteiger partial charge >= 0.3 is 0 Å². The van der Waals surface area contributed by atoms with Gasteiger partial charge < -0.3 is 5.32 Å². The third-order valence-corrected chi connectivity index (χ3v) is 3.60. The van der Waals surface area contributed by atoms with Crippen LogP contribution >= 0.6 is 0 Å². The molecular weight excluding hydrogens is 243 g/mol. The number of pyridine rings is 1. The summed E-state index contributed by atoms with van der Waals surface area (Å²) in [6.07, 6.45) is 8.34. The van der Waals surface area contributed by atoms with E-state index in [1.807, 2.05) is 10.8 Å². The van der Waals surface area contributed by atoms with E-state index in [9.17, 15) is 4.39 Å². The lowest BCUT2D eigenvalue weighted by Crippen LogP contribution is -2.35. The SMILES string of the molecule is CC1CCCC(c2cncn2-c2ccc(F)cn2)N1. The number of nitrogens with one attached hydrogen (secondary N) is 1. The topological polar surface area (TPSA) is 42.7 Å². The first-order chi connectivity index (χ1) is 9.24. The molecule has 5 heteroatoms. The lowest BCUT2D eigenvalue weighted by atomic mass is 9.97. The van der Waals surface area contributed by atoms with Crippen molar-refractivity contribution < 1.29 is 4.39 Å². The molecule has 100 valence electrons. The Bertz CT molecular complexity index is 549. The second-order valence-corrected chi connectivity index (χ2v) is 5.07. The first-order valence-electron chi connectivity index (χ1n) is 6.64. The fourth-order valence-electron chi connectivity index (χ4n) is 2.64. The van der Waals surface area contributed by atoms with Crippen molar-refractivity contribution in [2.45, 2.75) is 38.3 Å². The van der Waals surface area contributed by atoms with Crippen molar-refractivity contribution in [2.24, 2.45) is 0 Å². The molecule has 1 fully saturated rings. The molecule has 1 saturated heterocycles. The van der Waals surface area contributed by atoms with E-state index in [-0.39, 0.29) is 11.9 Å². The summed E-state index contributed by atoms with van der Waals surface area (Å²) in [5, 5.41) is 3.58. The summed E-state index contributed by atoms with van der Waals surface area (Å²) in [6, 6.07) is 3.90. The molecule has 0 bridgehead atoms. The van der Waals surface area contributed by atoms with Crippen molar-refractivity contribution in [3.05, 3.63) is 42.4 Å². The van der Waals surface area contributed by atoms with E-state index in [1.165, 1.54) is 25.1 Å². The Hall–Kier alpha value is -1.75. The Balaban J connectivity index is 1.91. The monoisotopic (exact) mass is 260 g/mol. The van der Waals surface area contributed by atoms with Crippen LogP contribution in [0.3, 0.4) is 0 Å². The molecule has 3 heterocycles. The maximum absolute atomic E-state index is 12.9. The molecule has 0 saturated carbocycles. The zero-order valence-corrected chi connectivity index (χ0v) is 10.9. The summed E-state index contributed by atoms with van der Waals surface area (Å²) in [4.78, 5) is 8.33. The Kier molecular flexibility index (Phi) is 3.29. The smallest absolute Gasteiger partial charge is 0.141 e. The van der Waals surface area contributed by atoms with Gasteiger partial charge in [-0.05, 0) is 38.3 Å². The molecule has 0 aromatic carbocycles. The van der Waals surface area contributed by atoms with Gasteiger partial charge in [-0.25, -0.2) is 14.4 Å². The van der Waals surface area contributed by atoms with E-state index in [0.717, 1.165) is 12.1 Å². The molecule has 2 aromatic heterocycles. The van der Waals surface area contributed by atoms with E-state index >= 15 is 0 Å². The number of aromatic nitrogens is 3. The maximum Gasteiger partial charge on any atom is 0.141 e. The molecule has 2 aromatic rings. The number of halogens is 1. The molecule has 0 amide bonds. The van der Waals surface area contributed by atoms with Crippen LogP contribution in [-0.2, 0) is 0 Å². The third-order valence-electron chi connectivity index (χ3n) is 3.60. The Morgan fingerprint density at radius 2 is 2.21 bits per heavy atom. The van der Waals surface area contributed by atoms with Gasteiger partial charge in [0.25, 0.3) is 0 Å². The molecule has 3 rings (SSSR count). The number of piperidine rings is 1. The van der Waals surface area contributed by atoms with Gasteiger partial charge in [-0.3, -0.25) is 4.57 Å². The van der Waals surface area contributed by atoms with E-state index in [2.05, 4.69) is 22.2 Å². The summed E-state index contributed by atoms with van der Waals surface area (Å²) in [7, 11) is 0. The van der Waals surface area contributed by atoms with Gasteiger partial charge in [0, 0.05) is 12.1 Å². The van der Waals surface area contributed by atoms with Crippen LogP contribution in [0.25, 0.3) is 5.82 Å². The maximum atomic E-state index is 12.9. The van der Waals surface area contributed by atoms with Crippen LogP contribution in [0.15, 0.2) is 30.9 Å². The van der Waals surface area contributed by atoms with E-state index in [4.69, 9.17) is 0 Å². The number of rotatable bonds is 2. The molecule has 1 aliphatic rings. The van der Waals surface area contributed by atoms with Crippen LogP contribution in [-0.4, -0.2) is 20.6 Å². The molecule has 0 radical (unpaired) electrons. The summed E-state index contributed by atoms with van der Waals surface area (Å²) in [6.45, 7) is 2.20. The lowest BCUT2D eigenvalue weighted by molar-refractivity contribution is 0.334. The van der Waals surface area contributed by atoms with Crippen LogP contribution in [0, 0.1) is 5.82 Å². The normalized spacial score (nSPS) is 23.5. The summed E-state index contributed by atoms with van der Waals surface area (Å²) >= 11 is 0. The molecule has 1 aliphatic heterocycles. The van der Waals surface area contributed by atoms with Gasteiger partial charge in [-0.2, -0.15) is 0 Å². The van der Waals surface area contributed by atoms with Crippen molar-refractivity contribution in [1.29, 1.82) is 0 Å². The summed E-state index contributed by atoms with van der Waals surface area (Å²) in [5.74, 6) is 0.378. The van der Waals surface area contributed by atoms with Gasteiger partial charge in [0.05, 0.1) is 18.1 Å². The fourth-order valence-corrected chi connectivity index (χ4v) is 2.64. The molecule has 2 unspecified atom stereocenters. The minimum absolute atomic E-state index is 0.290. The first-order valence-corrected chi connectivity index (χ1v) is 6.64. The van der Waals surface area contributed by atoms with E-state index in [1.54, 1.807) is 12.4 Å². The highest BCUT2D eigenvalue weighted by Gasteiger charge is 2.22. The Labute approximate surface area is 111 Å². The second-order valence-electron chi connectivity index (χ2n) is 5.07. The molecular formula is C14H17FN4. The predicted octanol–water partition coefficient (Wildman–Crippen LogP) is 2.61. The predicted molar refractivity (Wildman–Crippen MR) is 70.5 cm³/mol. The second kappa shape index (κ2) is 5.09. The Morgan fingerprint density at radius 3 is 2.95 bits per heavy atom. The van der Waals surface area contributed by atoms with Crippen LogP contribution < -0.4 is 5.32 Å². The van der Waals surface area contributed by atoms with Crippen LogP contribution in [0.4, 0.5) is 4.39 Å². The van der Waals surface area contributed by atoms with Gasteiger partial charge in [0.2, 0.25) is 0 Å². The van der Waals surface area contributed by atoms with Crippen molar-refractivity contribution in [1.82, 2.24) is 19.9 Å². The Morgan fingerprint density at radius 1 is 1.32 bits per heavy atom. The van der Waals surface area contributed by atoms with Crippen LogP contribution in [0.5, 0.6) is 0 Å². The molecule has 4 nitrogen and oxygen atoms in total. The van der Waals surface area contributed by atoms with Crippen molar-refractivity contribution >= 4 is 0 Å². The third kappa shape index (κ3) is 2.51. The number of nitrogens with zero attached hydrogens (tertiary/aromatic N) is 3. The lowest BCUT2D eigenvalue weighted by Gasteiger charge is -2.29. The fraction of sp³-hybridized carbons (Fsp3) is 0.429. The molecule has 19 heavy (non-hydrogen) atoms. The average Bonchev–Trinajstić information content (AvgIpc) is 2.89. The van der Waals surface area contributed by atoms with E-state index < -0.39 is 0 Å². The summed E-state index contributed by atoms with van der Waals surface area (Å²) in [5.41, 5.74) is 1.09. The van der Waals surface area contributed by atoms with Gasteiger partial charge in [0.1, 0.15) is 18.0 Å². The van der Waals surface area contributed by atoms with Crippen molar-refractivity contribution in [3.8, 4) is 5.82 Å². The molecule has 0 spiro atoms. The summed E-state index contributed by atoms with van der Waals surface area (Å²) < 4.78 is 14.9. The highest BCUT2D eigenvalue weighted by atomic mass is 19.1. The van der Waals surface area contributed by atoms with Crippen LogP contribution in [0.1, 0.15) is 37.9 Å². The largest absolute Gasteiger partial charge is 0.306 e. The van der Waals surface area contributed by atoms with Crippen molar-refractivity contribution in [2.75, 3.05) is 0 Å². The first kappa shape index (κ1) is 12.3. The van der Waals surface area contributed by atoms with Gasteiger partial charge in [-0.15, -0.1) is 0 Å². The molecule has 1 N–H and O–H groups in total. The van der Waals surface area contributed by atoms with Crippen molar-refractivity contribution in [3.63, 3.8) is 0 Å². The van der Waals surface area contributed by atoms with Gasteiger partial charge in [-0.1, -0.05) is 0 Å². The zero-order chi connectivity index (χ0) is 13.2. The van der Waals surface area contributed by atoms with E-state index in [0.29, 0.717) is 11.9 Å². The number of hydrogen-bond donors (Lipinski definition) is 1. The quantitative estimate of drug-likeness (QED) is 0.902. The minimum atomic E-state index is -0.324. The molecule has 0 aliphatic carbocycles. The standard InChI is InChI=1S/C14H17FN4/c1-10-3-2-4-12(18-10)13-8-16-9-19(13)14-6-5-11(15)7-17-14/h5-10,12,18H,2-4H2,1H3. The minimum Gasteiger partial charge on any atom is -0.306 e. The molecule has 2 atom stereocenters. The number of imidazole rings is 1. The highest BCUT2D eigenvalue weighted by Crippen LogP contribution is 2.26. The number of hydrogen-bond acceptors (Lipinski definition) is 3. The average molecular weight is 260 g/mol. The zero-order valence-electron chi connectivity index (χ0n) is 10.9. The highest BCUT2D eigenvalue weighted by molar-refractivity contribution is 5.26. The van der Waals surface area contributed by atoms with Crippen LogP contribution in [0.2, 0.25) is 0 Å².